The van der Waals surface area contributed by atoms with Gasteiger partial charge in [-0.1, -0.05) is 34.6 Å². The second-order valence-corrected chi connectivity index (χ2v) is 10.1. The third-order valence-electron chi connectivity index (χ3n) is 6.68. The molecule has 1 unspecified atom stereocenters. The Bertz CT molecular complexity index is 610. The van der Waals surface area contributed by atoms with Crippen LogP contribution in [0.1, 0.15) is 66.7 Å². The van der Waals surface area contributed by atoms with Crippen LogP contribution in [0.3, 0.4) is 0 Å². The lowest BCUT2D eigenvalue weighted by molar-refractivity contribution is -0.139. The minimum absolute atomic E-state index is 0. The number of carbonyl (C=O) groups is 3. The van der Waals surface area contributed by atoms with Crippen LogP contribution in [-0.2, 0) is 9.59 Å². The number of nitrogens with one attached hydrogen (secondary N) is 1. The average molecular weight is 431 g/mol. The van der Waals surface area contributed by atoms with Crippen molar-refractivity contribution in [1.82, 2.24) is 15.1 Å². The normalized spacial score (nSPS) is 25.8. The molecule has 7 nitrogen and oxygen atoms in total. The molecule has 8 heteroatoms. The Hall–Kier alpha value is -1.34. The van der Waals surface area contributed by atoms with E-state index in [1.165, 1.54) is 0 Å². The number of hydrogen-bond donors (Lipinski definition) is 2. The van der Waals surface area contributed by atoms with Gasteiger partial charge in [-0.05, 0) is 49.4 Å². The van der Waals surface area contributed by atoms with E-state index in [0.29, 0.717) is 37.6 Å². The zero-order valence-electron chi connectivity index (χ0n) is 18.8. The lowest BCUT2D eigenvalue weighted by atomic mass is 9.67. The molecule has 1 spiro atoms. The highest BCUT2D eigenvalue weighted by molar-refractivity contribution is 6.09. The van der Waals surface area contributed by atoms with Gasteiger partial charge in [0.25, 0.3) is 5.91 Å². The molecule has 2 aliphatic rings. The van der Waals surface area contributed by atoms with Gasteiger partial charge in [-0.25, -0.2) is 4.79 Å². The van der Waals surface area contributed by atoms with Gasteiger partial charge < -0.3 is 16.0 Å². The SMILES string of the molecule is CC(C)C(N)CCN(C)C(=O)CN1C(=O)NC2(CCC(C(C)(C)C)CC2)C1=O.Cl. The molecule has 1 heterocycles. The van der Waals surface area contributed by atoms with Gasteiger partial charge in [-0.15, -0.1) is 12.4 Å². The number of hydrogen-bond acceptors (Lipinski definition) is 4. The van der Waals surface area contributed by atoms with Gasteiger partial charge in [-0.2, -0.15) is 0 Å². The predicted molar refractivity (Wildman–Crippen MR) is 117 cm³/mol. The molecule has 0 aromatic rings. The lowest BCUT2D eigenvalue weighted by Gasteiger charge is -2.40. The molecule has 29 heavy (non-hydrogen) atoms. The summed E-state index contributed by atoms with van der Waals surface area (Å²) >= 11 is 0. The summed E-state index contributed by atoms with van der Waals surface area (Å²) in [4.78, 5) is 40.7. The summed E-state index contributed by atoms with van der Waals surface area (Å²) in [7, 11) is 1.69. The van der Waals surface area contributed by atoms with E-state index in [4.69, 9.17) is 5.73 Å². The number of nitrogens with two attached hydrogens (primary N) is 1. The summed E-state index contributed by atoms with van der Waals surface area (Å²) in [6.07, 6.45) is 3.79. The molecule has 1 aliphatic carbocycles. The first kappa shape index (κ1) is 25.7. The zero-order chi connectivity index (χ0) is 21.3. The minimum Gasteiger partial charge on any atom is -0.344 e. The van der Waals surface area contributed by atoms with Crippen LogP contribution < -0.4 is 11.1 Å². The first-order chi connectivity index (χ1) is 12.9. The third kappa shape index (κ3) is 5.85. The fourth-order valence-corrected chi connectivity index (χ4v) is 4.19. The molecule has 0 aromatic carbocycles. The van der Waals surface area contributed by atoms with Crippen LogP contribution >= 0.6 is 12.4 Å². The molecule has 1 saturated heterocycles. The molecule has 2 fully saturated rings. The van der Waals surface area contributed by atoms with Crippen molar-refractivity contribution in [2.75, 3.05) is 20.1 Å². The third-order valence-corrected chi connectivity index (χ3v) is 6.68. The lowest BCUT2D eigenvalue weighted by Crippen LogP contribution is -2.51. The highest BCUT2D eigenvalue weighted by Crippen LogP contribution is 2.43. The molecule has 168 valence electrons. The number of amides is 4. The zero-order valence-corrected chi connectivity index (χ0v) is 19.6. The van der Waals surface area contributed by atoms with E-state index in [1.54, 1.807) is 11.9 Å². The summed E-state index contributed by atoms with van der Waals surface area (Å²) < 4.78 is 0. The van der Waals surface area contributed by atoms with E-state index >= 15 is 0 Å². The second kappa shape index (κ2) is 9.65. The standard InChI is InChI=1S/C21H38N4O3.ClH/c1-14(2)16(22)9-12-24(6)17(26)13-25-18(27)21(23-19(25)28)10-7-15(8-11-21)20(3,4)5;/h14-16H,7-13,22H2,1-6H3,(H,23,28);1H. The maximum Gasteiger partial charge on any atom is 0.325 e. The molecule has 0 radical (unpaired) electrons. The Morgan fingerprint density at radius 2 is 1.83 bits per heavy atom. The van der Waals surface area contributed by atoms with Crippen molar-refractivity contribution in [2.45, 2.75) is 78.3 Å². The summed E-state index contributed by atoms with van der Waals surface area (Å²) in [6, 6.07) is -0.423. The van der Waals surface area contributed by atoms with Crippen molar-refractivity contribution in [2.24, 2.45) is 23.0 Å². The highest BCUT2D eigenvalue weighted by Gasteiger charge is 2.53. The summed E-state index contributed by atoms with van der Waals surface area (Å²) in [6.45, 7) is 11.1. The fraction of sp³-hybridized carbons (Fsp3) is 0.857. The van der Waals surface area contributed by atoms with Crippen LogP contribution in [0.4, 0.5) is 4.79 Å². The van der Waals surface area contributed by atoms with Gasteiger partial charge in [0.2, 0.25) is 5.91 Å². The first-order valence-electron chi connectivity index (χ1n) is 10.5. The van der Waals surface area contributed by atoms with Gasteiger partial charge in [0.05, 0.1) is 0 Å². The Kier molecular flexibility index (Phi) is 8.55. The topological polar surface area (TPSA) is 95.7 Å². The number of likely N-dealkylation sites (N-methyl/N-ethyl adjacent to an activating group) is 1. The Morgan fingerprint density at radius 1 is 1.28 bits per heavy atom. The molecular formula is C21H39ClN4O3. The van der Waals surface area contributed by atoms with Gasteiger partial charge in [0.1, 0.15) is 12.1 Å². The molecule has 2 rings (SSSR count). The number of imide groups is 1. The van der Waals surface area contributed by atoms with E-state index in [9.17, 15) is 14.4 Å². The van der Waals surface area contributed by atoms with Crippen molar-refractivity contribution in [3.63, 3.8) is 0 Å². The Labute approximate surface area is 181 Å². The van der Waals surface area contributed by atoms with Crippen LogP contribution in [0.25, 0.3) is 0 Å². The van der Waals surface area contributed by atoms with Gasteiger partial charge >= 0.3 is 6.03 Å². The van der Waals surface area contributed by atoms with Crippen LogP contribution in [0, 0.1) is 17.3 Å². The number of nitrogens with zero attached hydrogens (tertiary/aromatic N) is 2. The molecule has 1 atom stereocenters. The minimum atomic E-state index is -0.822. The van der Waals surface area contributed by atoms with Gasteiger partial charge in [-0.3, -0.25) is 14.5 Å². The fourth-order valence-electron chi connectivity index (χ4n) is 4.19. The molecule has 3 N–H and O–H groups in total. The number of halogens is 1. The van der Waals surface area contributed by atoms with Gasteiger partial charge in [0, 0.05) is 19.6 Å². The van der Waals surface area contributed by atoms with Crippen LogP contribution in [0.5, 0.6) is 0 Å². The van der Waals surface area contributed by atoms with Crippen molar-refractivity contribution in [1.29, 1.82) is 0 Å². The van der Waals surface area contributed by atoms with Crippen molar-refractivity contribution in [3.05, 3.63) is 0 Å². The van der Waals surface area contributed by atoms with E-state index in [0.717, 1.165) is 17.7 Å². The van der Waals surface area contributed by atoms with Crippen LogP contribution in [0.15, 0.2) is 0 Å². The smallest absolute Gasteiger partial charge is 0.325 e. The largest absolute Gasteiger partial charge is 0.344 e. The molecule has 0 bridgehead atoms. The summed E-state index contributed by atoms with van der Waals surface area (Å²) in [5.41, 5.74) is 5.42. The van der Waals surface area contributed by atoms with Crippen molar-refractivity contribution >= 4 is 30.3 Å². The van der Waals surface area contributed by atoms with Crippen LogP contribution in [0.2, 0.25) is 0 Å². The summed E-state index contributed by atoms with van der Waals surface area (Å²) in [5.74, 6) is 0.401. The summed E-state index contributed by atoms with van der Waals surface area (Å²) in [5, 5.41) is 2.90. The Balaban J connectivity index is 0.00000420. The highest BCUT2D eigenvalue weighted by atomic mass is 35.5. The molecule has 4 amide bonds. The molecule has 1 saturated carbocycles. The predicted octanol–water partition coefficient (Wildman–Crippen LogP) is 2.77. The van der Waals surface area contributed by atoms with E-state index in [2.05, 4.69) is 26.1 Å². The van der Waals surface area contributed by atoms with Gasteiger partial charge in [0.15, 0.2) is 0 Å². The Morgan fingerprint density at radius 3 is 2.31 bits per heavy atom. The van der Waals surface area contributed by atoms with Crippen LogP contribution in [-0.4, -0.2) is 59.4 Å². The molecular weight excluding hydrogens is 392 g/mol. The molecule has 0 aromatic heterocycles. The quantitative estimate of drug-likeness (QED) is 0.633. The van der Waals surface area contributed by atoms with E-state index in [-0.39, 0.29) is 42.2 Å². The molecule has 1 aliphatic heterocycles. The number of urea groups is 1. The average Bonchev–Trinajstić information content (AvgIpc) is 2.82. The first-order valence-corrected chi connectivity index (χ1v) is 10.5. The number of rotatable bonds is 6. The maximum atomic E-state index is 13.0. The van der Waals surface area contributed by atoms with Crippen molar-refractivity contribution < 1.29 is 14.4 Å². The monoisotopic (exact) mass is 430 g/mol. The van der Waals surface area contributed by atoms with E-state index < -0.39 is 11.6 Å². The second-order valence-electron chi connectivity index (χ2n) is 10.1. The van der Waals surface area contributed by atoms with E-state index in [1.807, 2.05) is 13.8 Å². The maximum absolute atomic E-state index is 13.0. The van der Waals surface area contributed by atoms with Crippen molar-refractivity contribution in [3.8, 4) is 0 Å². The number of carbonyl (C=O) groups excluding carboxylic acids is 3.